The van der Waals surface area contributed by atoms with E-state index in [1.807, 2.05) is 33.0 Å². The van der Waals surface area contributed by atoms with Crippen molar-refractivity contribution < 1.29 is 9.59 Å². The van der Waals surface area contributed by atoms with Gasteiger partial charge in [0, 0.05) is 38.9 Å². The van der Waals surface area contributed by atoms with Crippen molar-refractivity contribution in [2.45, 2.75) is 20.4 Å². The number of benzene rings is 1. The Kier molecular flexibility index (Phi) is 4.94. The normalized spacial score (nSPS) is 10.9. The van der Waals surface area contributed by atoms with Crippen LogP contribution >= 0.6 is 0 Å². The minimum absolute atomic E-state index is 0.0689. The molecule has 0 bridgehead atoms. The van der Waals surface area contributed by atoms with E-state index in [0.717, 1.165) is 22.3 Å². The maximum absolute atomic E-state index is 12.8. The quantitative estimate of drug-likeness (QED) is 0.769. The summed E-state index contributed by atoms with van der Waals surface area (Å²) in [5.41, 5.74) is 4.23. The average Bonchev–Trinajstić information content (AvgIpc) is 2.92. The molecule has 0 saturated heterocycles. The standard InChI is InChI=1S/C20H23N5O2/c1-12-9-16(17-13(2)23-25(5)18(17)22-12)19(26)21-11-14-7-6-8-15(10-14)20(27)24(3)4/h6-10H,11H2,1-5H3,(H,21,26). The van der Waals surface area contributed by atoms with E-state index in [4.69, 9.17) is 0 Å². The predicted octanol–water partition coefficient (Wildman–Crippen LogP) is 2.22. The summed E-state index contributed by atoms with van der Waals surface area (Å²) in [6.45, 7) is 4.05. The molecule has 0 atom stereocenters. The molecular formula is C20H23N5O2. The predicted molar refractivity (Wildman–Crippen MR) is 104 cm³/mol. The summed E-state index contributed by atoms with van der Waals surface area (Å²) >= 11 is 0. The maximum Gasteiger partial charge on any atom is 0.253 e. The number of fused-ring (bicyclic) bond motifs is 1. The van der Waals surface area contributed by atoms with Gasteiger partial charge in [0.1, 0.15) is 0 Å². The molecule has 0 aliphatic carbocycles. The Morgan fingerprint density at radius 2 is 1.93 bits per heavy atom. The van der Waals surface area contributed by atoms with Crippen LogP contribution in [-0.2, 0) is 13.6 Å². The second-order valence-electron chi connectivity index (χ2n) is 6.80. The molecule has 7 heteroatoms. The van der Waals surface area contributed by atoms with Crippen LogP contribution in [0.25, 0.3) is 11.0 Å². The van der Waals surface area contributed by atoms with Crippen LogP contribution in [0.15, 0.2) is 30.3 Å². The first-order valence-electron chi connectivity index (χ1n) is 8.67. The lowest BCUT2D eigenvalue weighted by atomic mass is 10.1. The van der Waals surface area contributed by atoms with Crippen LogP contribution in [0.4, 0.5) is 0 Å². The Morgan fingerprint density at radius 3 is 2.63 bits per heavy atom. The van der Waals surface area contributed by atoms with Gasteiger partial charge in [0.05, 0.1) is 16.6 Å². The van der Waals surface area contributed by atoms with Crippen molar-refractivity contribution in [1.82, 2.24) is 25.0 Å². The highest BCUT2D eigenvalue weighted by molar-refractivity contribution is 6.06. The van der Waals surface area contributed by atoms with Gasteiger partial charge in [0.15, 0.2) is 5.65 Å². The van der Waals surface area contributed by atoms with Crippen molar-refractivity contribution in [1.29, 1.82) is 0 Å². The SMILES string of the molecule is Cc1cc(C(=O)NCc2cccc(C(=O)N(C)C)c2)c2c(C)nn(C)c2n1. The van der Waals surface area contributed by atoms with E-state index in [0.29, 0.717) is 23.3 Å². The molecule has 0 fully saturated rings. The largest absolute Gasteiger partial charge is 0.348 e. The summed E-state index contributed by atoms with van der Waals surface area (Å²) in [6.07, 6.45) is 0. The second-order valence-corrected chi connectivity index (χ2v) is 6.80. The average molecular weight is 365 g/mol. The van der Waals surface area contributed by atoms with Crippen LogP contribution in [-0.4, -0.2) is 45.6 Å². The molecule has 3 aromatic rings. The molecule has 0 saturated carbocycles. The number of hydrogen-bond donors (Lipinski definition) is 1. The number of nitrogens with one attached hydrogen (secondary N) is 1. The highest BCUT2D eigenvalue weighted by atomic mass is 16.2. The van der Waals surface area contributed by atoms with Gasteiger partial charge in [-0.15, -0.1) is 0 Å². The number of pyridine rings is 1. The van der Waals surface area contributed by atoms with E-state index in [1.165, 1.54) is 4.90 Å². The number of carbonyl (C=O) groups excluding carboxylic acids is 2. The Labute approximate surface area is 158 Å². The summed E-state index contributed by atoms with van der Waals surface area (Å²) in [5.74, 6) is -0.258. The lowest BCUT2D eigenvalue weighted by Gasteiger charge is -2.12. The fourth-order valence-electron chi connectivity index (χ4n) is 3.10. The smallest absolute Gasteiger partial charge is 0.253 e. The van der Waals surface area contributed by atoms with Crippen LogP contribution in [0.1, 0.15) is 37.7 Å². The molecule has 2 aromatic heterocycles. The zero-order chi connectivity index (χ0) is 19.7. The van der Waals surface area contributed by atoms with Gasteiger partial charge >= 0.3 is 0 Å². The van der Waals surface area contributed by atoms with Gasteiger partial charge in [-0.2, -0.15) is 5.10 Å². The van der Waals surface area contributed by atoms with E-state index in [2.05, 4.69) is 15.4 Å². The second kappa shape index (κ2) is 7.19. The molecule has 140 valence electrons. The van der Waals surface area contributed by atoms with Gasteiger partial charge in [-0.1, -0.05) is 12.1 Å². The first-order valence-corrected chi connectivity index (χ1v) is 8.67. The van der Waals surface area contributed by atoms with Crippen LogP contribution < -0.4 is 5.32 Å². The topological polar surface area (TPSA) is 80.1 Å². The molecule has 2 amide bonds. The fraction of sp³-hybridized carbons (Fsp3) is 0.300. The highest BCUT2D eigenvalue weighted by Crippen LogP contribution is 2.21. The van der Waals surface area contributed by atoms with E-state index >= 15 is 0 Å². The lowest BCUT2D eigenvalue weighted by molar-refractivity contribution is 0.0827. The number of aromatic nitrogens is 3. The van der Waals surface area contributed by atoms with Gasteiger partial charge in [0.25, 0.3) is 11.8 Å². The summed E-state index contributed by atoms with van der Waals surface area (Å²) in [5, 5.41) is 8.07. The van der Waals surface area contributed by atoms with E-state index in [-0.39, 0.29) is 11.8 Å². The molecular weight excluding hydrogens is 342 g/mol. The van der Waals surface area contributed by atoms with Crippen molar-refractivity contribution in [3.05, 3.63) is 58.4 Å². The Morgan fingerprint density at radius 1 is 1.19 bits per heavy atom. The maximum atomic E-state index is 12.8. The number of amides is 2. The summed E-state index contributed by atoms with van der Waals surface area (Å²) < 4.78 is 1.69. The molecule has 7 nitrogen and oxygen atoms in total. The van der Waals surface area contributed by atoms with Crippen LogP contribution in [0.2, 0.25) is 0 Å². The van der Waals surface area contributed by atoms with E-state index < -0.39 is 0 Å². The monoisotopic (exact) mass is 365 g/mol. The van der Waals surface area contributed by atoms with Gasteiger partial charge in [-0.3, -0.25) is 14.3 Å². The molecule has 0 spiro atoms. The first-order chi connectivity index (χ1) is 12.8. The number of nitrogens with zero attached hydrogens (tertiary/aromatic N) is 4. The molecule has 1 aromatic carbocycles. The molecule has 1 N–H and O–H groups in total. The molecule has 0 radical (unpaired) electrons. The number of carbonyl (C=O) groups is 2. The van der Waals surface area contributed by atoms with Gasteiger partial charge < -0.3 is 10.2 Å². The third-order valence-corrected chi connectivity index (χ3v) is 4.37. The fourth-order valence-corrected chi connectivity index (χ4v) is 3.10. The van der Waals surface area contributed by atoms with Crippen molar-refractivity contribution in [3.8, 4) is 0 Å². The summed E-state index contributed by atoms with van der Waals surface area (Å²) in [7, 11) is 5.24. The first kappa shape index (κ1) is 18.6. The molecule has 2 heterocycles. The number of aryl methyl sites for hydroxylation is 3. The molecule has 27 heavy (non-hydrogen) atoms. The minimum Gasteiger partial charge on any atom is -0.348 e. The van der Waals surface area contributed by atoms with E-state index in [9.17, 15) is 9.59 Å². The van der Waals surface area contributed by atoms with Crippen molar-refractivity contribution in [3.63, 3.8) is 0 Å². The third kappa shape index (κ3) is 3.67. The van der Waals surface area contributed by atoms with Gasteiger partial charge in [-0.25, -0.2) is 4.98 Å². The Hall–Kier alpha value is -3.22. The number of rotatable bonds is 4. The lowest BCUT2D eigenvalue weighted by Crippen LogP contribution is -2.24. The number of hydrogen-bond acceptors (Lipinski definition) is 4. The molecule has 0 unspecified atom stereocenters. The zero-order valence-corrected chi connectivity index (χ0v) is 16.2. The highest BCUT2D eigenvalue weighted by Gasteiger charge is 2.17. The van der Waals surface area contributed by atoms with Gasteiger partial charge in [-0.05, 0) is 37.6 Å². The summed E-state index contributed by atoms with van der Waals surface area (Å²) in [4.78, 5) is 30.9. The van der Waals surface area contributed by atoms with Crippen LogP contribution in [0.5, 0.6) is 0 Å². The van der Waals surface area contributed by atoms with E-state index in [1.54, 1.807) is 37.0 Å². The van der Waals surface area contributed by atoms with Crippen molar-refractivity contribution in [2.75, 3.05) is 14.1 Å². The van der Waals surface area contributed by atoms with Crippen LogP contribution in [0, 0.1) is 13.8 Å². The molecule has 0 aliphatic heterocycles. The van der Waals surface area contributed by atoms with Crippen molar-refractivity contribution in [2.24, 2.45) is 7.05 Å². The third-order valence-electron chi connectivity index (χ3n) is 4.37. The Bertz CT molecular complexity index is 1040. The zero-order valence-electron chi connectivity index (χ0n) is 16.2. The van der Waals surface area contributed by atoms with Crippen LogP contribution in [0.3, 0.4) is 0 Å². The van der Waals surface area contributed by atoms with Crippen molar-refractivity contribution >= 4 is 22.8 Å². The Balaban J connectivity index is 1.84. The van der Waals surface area contributed by atoms with Gasteiger partial charge in [0.2, 0.25) is 0 Å². The summed E-state index contributed by atoms with van der Waals surface area (Å²) in [6, 6.07) is 9.04. The molecule has 3 rings (SSSR count). The minimum atomic E-state index is -0.189. The molecule has 0 aliphatic rings.